The van der Waals surface area contributed by atoms with Gasteiger partial charge in [0.2, 0.25) is 0 Å². The molecule has 0 spiro atoms. The molecule has 174 valence electrons. The third-order valence-corrected chi connectivity index (χ3v) is 7.17. The number of rotatable bonds is 9. The van der Waals surface area contributed by atoms with Crippen molar-refractivity contribution in [3.8, 4) is 0 Å². The number of ketones is 1. The average molecular weight is 466 g/mol. The predicted molar refractivity (Wildman–Crippen MR) is 133 cm³/mol. The minimum atomic E-state index is -0.351. The second-order valence-corrected chi connectivity index (χ2v) is 9.66. The summed E-state index contributed by atoms with van der Waals surface area (Å²) in [6.07, 6.45) is 1.78. The highest BCUT2D eigenvalue weighted by Crippen LogP contribution is 2.25. The molecule has 1 aliphatic heterocycles. The summed E-state index contributed by atoms with van der Waals surface area (Å²) in [6.45, 7) is 8.84. The number of nitrogens with zero attached hydrogens (tertiary/aromatic N) is 3. The molecule has 0 bridgehead atoms. The summed E-state index contributed by atoms with van der Waals surface area (Å²) in [5.74, 6) is 0.0462. The standard InChI is InChI=1S/C26H31N3O3S/c1-3-20-9-11-21(12-10-20)24(30)19(2)33-26-27-23-8-5-4-7-22(23)25(31)29(26)14-6-13-28-15-17-32-18-16-28/h4-5,7-12,19H,3,6,13-18H2,1-2H3/t19-/m0/s1. The first-order chi connectivity index (χ1) is 16.1. The summed E-state index contributed by atoms with van der Waals surface area (Å²) in [5, 5.41) is 0.866. The minimum absolute atomic E-state index is 0.0444. The van der Waals surface area contributed by atoms with Gasteiger partial charge in [0.05, 0.1) is 29.4 Å². The molecule has 33 heavy (non-hydrogen) atoms. The summed E-state index contributed by atoms with van der Waals surface area (Å²) < 4.78 is 7.17. The maximum Gasteiger partial charge on any atom is 0.262 e. The van der Waals surface area contributed by atoms with Gasteiger partial charge in [-0.15, -0.1) is 0 Å². The molecule has 2 aromatic carbocycles. The van der Waals surface area contributed by atoms with Crippen LogP contribution in [0, 0.1) is 0 Å². The van der Waals surface area contributed by atoms with Gasteiger partial charge in [0.25, 0.3) is 5.56 Å². The van der Waals surface area contributed by atoms with Gasteiger partial charge in [0.15, 0.2) is 10.9 Å². The third-order valence-electron chi connectivity index (χ3n) is 6.08. The molecule has 0 radical (unpaired) electrons. The fourth-order valence-electron chi connectivity index (χ4n) is 4.06. The molecule has 1 aliphatic rings. The van der Waals surface area contributed by atoms with E-state index in [1.807, 2.05) is 55.5 Å². The number of carbonyl (C=O) groups excluding carboxylic acids is 1. The van der Waals surface area contributed by atoms with E-state index in [0.717, 1.165) is 45.7 Å². The van der Waals surface area contributed by atoms with E-state index in [2.05, 4.69) is 11.8 Å². The second kappa shape index (κ2) is 11.1. The molecule has 1 fully saturated rings. The SMILES string of the molecule is CCc1ccc(C(=O)[C@H](C)Sc2nc3ccccc3c(=O)n2CCCN2CCOCC2)cc1. The van der Waals surface area contributed by atoms with Crippen LogP contribution in [0.25, 0.3) is 10.9 Å². The van der Waals surface area contributed by atoms with Gasteiger partial charge < -0.3 is 4.74 Å². The first-order valence-corrected chi connectivity index (χ1v) is 12.5. The highest BCUT2D eigenvalue weighted by molar-refractivity contribution is 8.00. The molecule has 0 unspecified atom stereocenters. The number of aromatic nitrogens is 2. The van der Waals surface area contributed by atoms with Crippen molar-refractivity contribution >= 4 is 28.4 Å². The lowest BCUT2D eigenvalue weighted by Crippen LogP contribution is -2.37. The van der Waals surface area contributed by atoms with E-state index < -0.39 is 0 Å². The van der Waals surface area contributed by atoms with Crippen molar-refractivity contribution in [2.75, 3.05) is 32.8 Å². The smallest absolute Gasteiger partial charge is 0.262 e. The summed E-state index contributed by atoms with van der Waals surface area (Å²) in [7, 11) is 0. The lowest BCUT2D eigenvalue weighted by atomic mass is 10.1. The Kier molecular flexibility index (Phi) is 7.96. The Balaban J connectivity index is 1.55. The van der Waals surface area contributed by atoms with Gasteiger partial charge in [-0.1, -0.05) is 55.1 Å². The topological polar surface area (TPSA) is 64.4 Å². The number of fused-ring (bicyclic) bond motifs is 1. The summed E-state index contributed by atoms with van der Waals surface area (Å²) in [5.41, 5.74) is 2.52. The van der Waals surface area contributed by atoms with E-state index in [1.54, 1.807) is 4.57 Å². The normalized spacial score (nSPS) is 15.6. The first-order valence-electron chi connectivity index (χ1n) is 11.7. The Morgan fingerprint density at radius 3 is 2.55 bits per heavy atom. The summed E-state index contributed by atoms with van der Waals surface area (Å²) >= 11 is 1.37. The van der Waals surface area contributed by atoms with Crippen molar-refractivity contribution < 1.29 is 9.53 Å². The van der Waals surface area contributed by atoms with Gasteiger partial charge in [-0.05, 0) is 37.5 Å². The molecule has 3 aromatic rings. The minimum Gasteiger partial charge on any atom is -0.379 e. The predicted octanol–water partition coefficient (Wildman–Crippen LogP) is 4.04. The van der Waals surface area contributed by atoms with E-state index in [0.29, 0.717) is 28.2 Å². The van der Waals surface area contributed by atoms with Crippen molar-refractivity contribution in [1.82, 2.24) is 14.5 Å². The van der Waals surface area contributed by atoms with Crippen molar-refractivity contribution in [3.63, 3.8) is 0 Å². The Labute approximate surface area is 199 Å². The zero-order valence-corrected chi connectivity index (χ0v) is 20.1. The Morgan fingerprint density at radius 2 is 1.82 bits per heavy atom. The van der Waals surface area contributed by atoms with Crippen LogP contribution in [0.5, 0.6) is 0 Å². The number of benzene rings is 2. The van der Waals surface area contributed by atoms with Crippen LogP contribution in [0.1, 0.15) is 36.2 Å². The Bertz CT molecular complexity index is 1150. The zero-order valence-electron chi connectivity index (χ0n) is 19.3. The van der Waals surface area contributed by atoms with Crippen LogP contribution in [-0.4, -0.2) is 58.3 Å². The van der Waals surface area contributed by atoms with Crippen molar-refractivity contribution in [2.24, 2.45) is 0 Å². The molecule has 0 aliphatic carbocycles. The lowest BCUT2D eigenvalue weighted by Gasteiger charge is -2.26. The largest absolute Gasteiger partial charge is 0.379 e. The molecule has 4 rings (SSSR count). The van der Waals surface area contributed by atoms with Crippen LogP contribution in [0.4, 0.5) is 0 Å². The molecule has 1 saturated heterocycles. The van der Waals surface area contributed by atoms with E-state index in [-0.39, 0.29) is 16.6 Å². The quantitative estimate of drug-likeness (QED) is 0.270. The van der Waals surface area contributed by atoms with Gasteiger partial charge in [0, 0.05) is 31.7 Å². The number of morpholine rings is 1. The number of aryl methyl sites for hydroxylation is 1. The molecule has 7 heteroatoms. The lowest BCUT2D eigenvalue weighted by molar-refractivity contribution is 0.0368. The number of ether oxygens (including phenoxy) is 1. The summed E-state index contributed by atoms with van der Waals surface area (Å²) in [4.78, 5) is 33.5. The van der Waals surface area contributed by atoms with Crippen molar-refractivity contribution in [2.45, 2.75) is 43.6 Å². The van der Waals surface area contributed by atoms with Crippen LogP contribution in [0.3, 0.4) is 0 Å². The number of carbonyl (C=O) groups is 1. The first kappa shape index (κ1) is 23.7. The van der Waals surface area contributed by atoms with E-state index >= 15 is 0 Å². The second-order valence-electron chi connectivity index (χ2n) is 8.35. The van der Waals surface area contributed by atoms with Gasteiger partial charge in [0.1, 0.15) is 0 Å². The Hall–Kier alpha value is -2.48. The molecular weight excluding hydrogens is 434 g/mol. The number of para-hydroxylation sites is 1. The molecular formula is C26H31N3O3S. The third kappa shape index (κ3) is 5.72. The maximum atomic E-state index is 13.3. The van der Waals surface area contributed by atoms with Crippen LogP contribution < -0.4 is 5.56 Å². The monoisotopic (exact) mass is 465 g/mol. The van der Waals surface area contributed by atoms with Crippen LogP contribution in [0.15, 0.2) is 58.5 Å². The van der Waals surface area contributed by atoms with Crippen molar-refractivity contribution in [1.29, 1.82) is 0 Å². The fraction of sp³-hybridized carbons (Fsp3) is 0.423. The molecule has 0 amide bonds. The number of hydrogen-bond acceptors (Lipinski definition) is 6. The van der Waals surface area contributed by atoms with Gasteiger partial charge in [-0.2, -0.15) is 0 Å². The summed E-state index contributed by atoms with van der Waals surface area (Å²) in [6, 6.07) is 15.2. The number of Topliss-reactive ketones (excluding diaryl/α,β-unsaturated/α-hetero) is 1. The highest BCUT2D eigenvalue weighted by atomic mass is 32.2. The van der Waals surface area contributed by atoms with Crippen LogP contribution in [-0.2, 0) is 17.7 Å². The highest BCUT2D eigenvalue weighted by Gasteiger charge is 2.21. The average Bonchev–Trinajstić information content (AvgIpc) is 2.86. The van der Waals surface area contributed by atoms with E-state index in [1.165, 1.54) is 17.3 Å². The van der Waals surface area contributed by atoms with Gasteiger partial charge in [-0.3, -0.25) is 19.1 Å². The van der Waals surface area contributed by atoms with Gasteiger partial charge in [-0.25, -0.2) is 4.98 Å². The van der Waals surface area contributed by atoms with Crippen LogP contribution >= 0.6 is 11.8 Å². The number of thioether (sulfide) groups is 1. The van der Waals surface area contributed by atoms with E-state index in [9.17, 15) is 9.59 Å². The molecule has 2 heterocycles. The van der Waals surface area contributed by atoms with E-state index in [4.69, 9.17) is 9.72 Å². The van der Waals surface area contributed by atoms with Crippen molar-refractivity contribution in [3.05, 3.63) is 70.0 Å². The number of hydrogen-bond donors (Lipinski definition) is 0. The van der Waals surface area contributed by atoms with Gasteiger partial charge >= 0.3 is 0 Å². The zero-order chi connectivity index (χ0) is 23.2. The molecule has 1 atom stereocenters. The van der Waals surface area contributed by atoms with Crippen LogP contribution in [0.2, 0.25) is 0 Å². The fourth-order valence-corrected chi connectivity index (χ4v) is 5.07. The molecule has 6 nitrogen and oxygen atoms in total. The molecule has 0 saturated carbocycles. The molecule has 0 N–H and O–H groups in total. The molecule has 1 aromatic heterocycles. The maximum absolute atomic E-state index is 13.3. The Morgan fingerprint density at radius 1 is 1.09 bits per heavy atom.